The molecule has 2 aliphatic rings. The molecule has 0 radical (unpaired) electrons. The van der Waals surface area contributed by atoms with E-state index in [2.05, 4.69) is 10.2 Å². The fourth-order valence-electron chi connectivity index (χ4n) is 5.14. The minimum Gasteiger partial charge on any atom is -0.497 e. The molecule has 3 amide bonds. The van der Waals surface area contributed by atoms with Crippen LogP contribution in [0.3, 0.4) is 0 Å². The Morgan fingerprint density at radius 2 is 1.80 bits per heavy atom. The highest BCUT2D eigenvalue weighted by Crippen LogP contribution is 2.38. The summed E-state index contributed by atoms with van der Waals surface area (Å²) in [5.74, 6) is 0.474. The van der Waals surface area contributed by atoms with E-state index in [1.54, 1.807) is 63.5 Å². The number of urea groups is 1. The monoisotopic (exact) mass is 570 g/mol. The lowest BCUT2D eigenvalue weighted by molar-refractivity contribution is -0.139. The molecular formula is C29H35ClN4O6. The van der Waals surface area contributed by atoms with E-state index < -0.39 is 12.0 Å². The fraction of sp³-hybridized carbons (Fsp3) is 0.414. The van der Waals surface area contributed by atoms with Crippen molar-refractivity contribution in [1.82, 2.24) is 20.0 Å². The topological polar surface area (TPSA) is 101 Å². The van der Waals surface area contributed by atoms with Crippen LogP contribution in [0.15, 0.2) is 53.7 Å². The lowest BCUT2D eigenvalue weighted by Gasteiger charge is -2.42. The van der Waals surface area contributed by atoms with Gasteiger partial charge in [0.25, 0.3) is 5.91 Å². The summed E-state index contributed by atoms with van der Waals surface area (Å²) in [5, 5.41) is 3.50. The second-order valence-corrected chi connectivity index (χ2v) is 10.2. The van der Waals surface area contributed by atoms with Crippen molar-refractivity contribution in [2.75, 3.05) is 54.1 Å². The lowest BCUT2D eigenvalue weighted by atomic mass is 9.93. The minimum absolute atomic E-state index is 0.0606. The normalized spacial score (nSPS) is 19.8. The molecule has 2 atom stereocenters. The summed E-state index contributed by atoms with van der Waals surface area (Å²) in [5.41, 5.74) is 2.01. The van der Waals surface area contributed by atoms with Crippen molar-refractivity contribution in [3.63, 3.8) is 0 Å². The number of benzene rings is 2. The molecule has 1 N–H and O–H groups in total. The van der Waals surface area contributed by atoms with Gasteiger partial charge in [-0.3, -0.25) is 14.6 Å². The summed E-state index contributed by atoms with van der Waals surface area (Å²) in [6.45, 7) is 5.83. The first-order valence-corrected chi connectivity index (χ1v) is 13.5. The van der Waals surface area contributed by atoms with Gasteiger partial charge in [0, 0.05) is 61.1 Å². The van der Waals surface area contributed by atoms with Crippen LogP contribution in [0.2, 0.25) is 5.02 Å². The average molecular weight is 571 g/mol. The predicted molar refractivity (Wildman–Crippen MR) is 151 cm³/mol. The van der Waals surface area contributed by atoms with E-state index >= 15 is 0 Å². The van der Waals surface area contributed by atoms with Crippen molar-refractivity contribution in [1.29, 1.82) is 0 Å². The number of piperazine rings is 1. The van der Waals surface area contributed by atoms with Gasteiger partial charge in [0.2, 0.25) is 0 Å². The van der Waals surface area contributed by atoms with Gasteiger partial charge in [-0.25, -0.2) is 9.59 Å². The Bertz CT molecular complexity index is 1300. The second-order valence-electron chi connectivity index (χ2n) is 9.72. The highest BCUT2D eigenvalue weighted by atomic mass is 35.5. The quantitative estimate of drug-likeness (QED) is 0.483. The number of carbonyl (C=O) groups excluding carboxylic acids is 3. The zero-order valence-electron chi connectivity index (χ0n) is 23.4. The molecule has 0 saturated carbocycles. The van der Waals surface area contributed by atoms with Gasteiger partial charge >= 0.3 is 12.0 Å². The van der Waals surface area contributed by atoms with E-state index in [-0.39, 0.29) is 24.6 Å². The van der Waals surface area contributed by atoms with Crippen molar-refractivity contribution in [3.05, 3.63) is 69.9 Å². The number of ether oxygens (including phenoxy) is 3. The van der Waals surface area contributed by atoms with Crippen LogP contribution in [-0.4, -0.2) is 92.7 Å². The molecule has 0 bridgehead atoms. The standard InChI is InChI=1S/C29H35ClN4O6/c1-6-40-28(36)25-23(32(3)29(37)31-26(25)22-15-21(38-4)11-12-24(22)39-5)17-33-13-14-34(18(2)16-33)27(35)19-7-9-20(30)10-8-19/h7-12,15,18,26H,6,13-14,16-17H2,1-5H3,(H,31,37). The van der Waals surface area contributed by atoms with Crippen LogP contribution >= 0.6 is 11.6 Å². The summed E-state index contributed by atoms with van der Waals surface area (Å²) in [7, 11) is 4.71. The molecule has 2 unspecified atom stereocenters. The zero-order valence-corrected chi connectivity index (χ0v) is 24.2. The maximum atomic E-state index is 13.4. The van der Waals surface area contributed by atoms with Crippen LogP contribution in [0.4, 0.5) is 4.79 Å². The van der Waals surface area contributed by atoms with Crippen molar-refractivity contribution in [2.45, 2.75) is 25.9 Å². The van der Waals surface area contributed by atoms with E-state index in [0.717, 1.165) is 0 Å². The summed E-state index contributed by atoms with van der Waals surface area (Å²) >= 11 is 5.99. The third-order valence-corrected chi connectivity index (χ3v) is 7.51. The highest BCUT2D eigenvalue weighted by Gasteiger charge is 2.39. The third kappa shape index (κ3) is 6.03. The summed E-state index contributed by atoms with van der Waals surface area (Å²) < 4.78 is 16.4. The first-order chi connectivity index (χ1) is 19.2. The molecule has 10 nitrogen and oxygen atoms in total. The van der Waals surface area contributed by atoms with Crippen molar-refractivity contribution in [2.24, 2.45) is 0 Å². The Balaban J connectivity index is 1.65. The average Bonchev–Trinajstić information content (AvgIpc) is 2.95. The molecule has 1 saturated heterocycles. The molecule has 0 spiro atoms. The second kappa shape index (κ2) is 12.6. The van der Waals surface area contributed by atoms with Gasteiger partial charge in [0.1, 0.15) is 11.5 Å². The van der Waals surface area contributed by atoms with Crippen molar-refractivity contribution < 1.29 is 28.6 Å². The van der Waals surface area contributed by atoms with E-state index in [0.29, 0.717) is 65.1 Å². The lowest BCUT2D eigenvalue weighted by Crippen LogP contribution is -2.56. The summed E-state index contributed by atoms with van der Waals surface area (Å²) in [6.07, 6.45) is 0. The first-order valence-electron chi connectivity index (χ1n) is 13.1. The van der Waals surface area contributed by atoms with Crippen LogP contribution < -0.4 is 14.8 Å². The number of carbonyl (C=O) groups is 3. The molecule has 2 aromatic carbocycles. The molecule has 2 heterocycles. The zero-order chi connectivity index (χ0) is 29.0. The van der Waals surface area contributed by atoms with Gasteiger partial charge in [-0.15, -0.1) is 0 Å². The van der Waals surface area contributed by atoms with E-state index in [4.69, 9.17) is 25.8 Å². The molecule has 214 valence electrons. The van der Waals surface area contributed by atoms with Crippen LogP contribution in [-0.2, 0) is 9.53 Å². The molecule has 2 aliphatic heterocycles. The maximum absolute atomic E-state index is 13.4. The number of amides is 3. The molecule has 0 aliphatic carbocycles. The van der Waals surface area contributed by atoms with E-state index in [1.807, 2.05) is 11.8 Å². The highest BCUT2D eigenvalue weighted by molar-refractivity contribution is 6.30. The number of likely N-dealkylation sites (N-methyl/N-ethyl adjacent to an activating group) is 1. The Morgan fingerprint density at radius 3 is 2.42 bits per heavy atom. The Morgan fingerprint density at radius 1 is 1.07 bits per heavy atom. The van der Waals surface area contributed by atoms with Crippen LogP contribution in [0, 0.1) is 0 Å². The number of nitrogens with one attached hydrogen (secondary N) is 1. The largest absolute Gasteiger partial charge is 0.497 e. The van der Waals surface area contributed by atoms with E-state index in [1.165, 1.54) is 12.0 Å². The predicted octanol–water partition coefficient (Wildman–Crippen LogP) is 3.72. The number of esters is 1. The number of rotatable bonds is 8. The number of methoxy groups -OCH3 is 2. The fourth-order valence-corrected chi connectivity index (χ4v) is 5.27. The third-order valence-electron chi connectivity index (χ3n) is 7.26. The number of nitrogens with zero attached hydrogens (tertiary/aromatic N) is 3. The molecule has 40 heavy (non-hydrogen) atoms. The van der Waals surface area contributed by atoms with Gasteiger partial charge < -0.3 is 24.4 Å². The van der Waals surface area contributed by atoms with Gasteiger partial charge in [-0.05, 0) is 56.3 Å². The number of hydrogen-bond acceptors (Lipinski definition) is 7. The molecule has 2 aromatic rings. The van der Waals surface area contributed by atoms with Crippen LogP contribution in [0.5, 0.6) is 11.5 Å². The van der Waals surface area contributed by atoms with Gasteiger partial charge in [0.15, 0.2) is 0 Å². The smallest absolute Gasteiger partial charge is 0.338 e. The van der Waals surface area contributed by atoms with Gasteiger partial charge in [-0.1, -0.05) is 11.6 Å². The first kappa shape index (κ1) is 29.2. The van der Waals surface area contributed by atoms with Crippen molar-refractivity contribution >= 4 is 29.5 Å². The Labute approximate surface area is 239 Å². The van der Waals surface area contributed by atoms with Gasteiger partial charge in [-0.2, -0.15) is 0 Å². The van der Waals surface area contributed by atoms with Crippen LogP contribution in [0.1, 0.15) is 35.8 Å². The number of hydrogen-bond donors (Lipinski definition) is 1. The SMILES string of the molecule is CCOC(=O)C1=C(CN2CCN(C(=O)c3ccc(Cl)cc3)C(C)C2)N(C)C(=O)NC1c1cc(OC)ccc1OC. The summed E-state index contributed by atoms with van der Waals surface area (Å²) in [4.78, 5) is 45.2. The molecule has 11 heteroatoms. The van der Waals surface area contributed by atoms with Crippen molar-refractivity contribution in [3.8, 4) is 11.5 Å². The van der Waals surface area contributed by atoms with Gasteiger partial charge in [0.05, 0.1) is 32.4 Å². The minimum atomic E-state index is -0.812. The Kier molecular flexibility index (Phi) is 9.21. The molecule has 4 rings (SSSR count). The molecule has 1 fully saturated rings. The van der Waals surface area contributed by atoms with E-state index in [9.17, 15) is 14.4 Å². The van der Waals surface area contributed by atoms with Crippen LogP contribution in [0.25, 0.3) is 0 Å². The molecule has 0 aromatic heterocycles. The summed E-state index contributed by atoms with van der Waals surface area (Å²) in [6, 6.07) is 10.8. The maximum Gasteiger partial charge on any atom is 0.338 e. The number of halogens is 1. The molecular weight excluding hydrogens is 536 g/mol. The Hall–Kier alpha value is -3.76.